The lowest BCUT2D eigenvalue weighted by molar-refractivity contribution is -0.150. The molecular weight excluding hydrogens is 475 g/mol. The Kier molecular flexibility index (Phi) is 10.2. The van der Waals surface area contributed by atoms with Gasteiger partial charge in [0, 0.05) is 28.1 Å². The molecule has 2 aromatic rings. The Labute approximate surface area is 194 Å². The summed E-state index contributed by atoms with van der Waals surface area (Å²) < 4.78 is 30.5. The number of carbonyl (C=O) groups is 2. The Bertz CT molecular complexity index is 980. The number of hydrogen-bond donors (Lipinski definition) is 4. The fourth-order valence-corrected chi connectivity index (χ4v) is 3.10. The van der Waals surface area contributed by atoms with Crippen molar-refractivity contribution in [1.29, 1.82) is 0 Å². The maximum absolute atomic E-state index is 11.9. The SMILES string of the molecule is Cc1ncc(CC(=O)OCO[P+](=O)OCOC(=O)Cc2cnc(C)c(O)c2CO)c(CO)c1O. The molecule has 0 bridgehead atoms. The van der Waals surface area contributed by atoms with E-state index in [9.17, 15) is 34.6 Å². The fraction of sp³-hybridized carbons (Fsp3) is 0.400. The number of rotatable bonds is 12. The minimum absolute atomic E-state index is 0.143. The van der Waals surface area contributed by atoms with Crippen LogP contribution in [0.15, 0.2) is 12.4 Å². The van der Waals surface area contributed by atoms with Crippen LogP contribution in [-0.2, 0) is 58.7 Å². The van der Waals surface area contributed by atoms with E-state index in [4.69, 9.17) is 9.47 Å². The molecule has 4 N–H and O–H groups in total. The second-order valence-electron chi connectivity index (χ2n) is 6.81. The number of pyridine rings is 2. The van der Waals surface area contributed by atoms with E-state index < -0.39 is 47.0 Å². The van der Waals surface area contributed by atoms with Crippen LogP contribution in [0.3, 0.4) is 0 Å². The largest absolute Gasteiger partial charge is 0.704 e. The molecule has 2 heterocycles. The molecule has 0 aliphatic carbocycles. The summed E-state index contributed by atoms with van der Waals surface area (Å²) in [6.07, 6.45) is 1.99. The lowest BCUT2D eigenvalue weighted by Gasteiger charge is -2.10. The fourth-order valence-electron chi connectivity index (χ4n) is 2.75. The van der Waals surface area contributed by atoms with E-state index >= 15 is 0 Å². The third-order valence-electron chi connectivity index (χ3n) is 4.60. The van der Waals surface area contributed by atoms with Gasteiger partial charge in [0.15, 0.2) is 0 Å². The summed E-state index contributed by atoms with van der Waals surface area (Å²) in [7, 11) is -2.79. The minimum atomic E-state index is -2.79. The Hall–Kier alpha value is -3.22. The predicted octanol–water partition coefficient (Wildman–Crippen LogP) is 0.966. The molecule has 0 atom stereocenters. The van der Waals surface area contributed by atoms with Gasteiger partial charge in [0.2, 0.25) is 13.6 Å². The van der Waals surface area contributed by atoms with E-state index in [1.165, 1.54) is 26.2 Å². The Morgan fingerprint density at radius 1 is 0.824 bits per heavy atom. The number of aliphatic hydroxyl groups excluding tert-OH is 2. The summed E-state index contributed by atoms with van der Waals surface area (Å²) in [5.41, 5.74) is 1.38. The van der Waals surface area contributed by atoms with Gasteiger partial charge in [-0.15, -0.1) is 0 Å². The van der Waals surface area contributed by atoms with Crippen molar-refractivity contribution in [2.75, 3.05) is 13.6 Å². The number of carbonyl (C=O) groups excluding carboxylic acids is 2. The normalized spacial score (nSPS) is 10.7. The van der Waals surface area contributed by atoms with Gasteiger partial charge in [0.1, 0.15) is 11.5 Å². The third-order valence-corrected chi connectivity index (χ3v) is 5.23. The minimum Gasteiger partial charge on any atom is -0.506 e. The number of aromatic nitrogens is 2. The lowest BCUT2D eigenvalue weighted by Crippen LogP contribution is -2.13. The molecule has 34 heavy (non-hydrogen) atoms. The van der Waals surface area contributed by atoms with Crippen LogP contribution >= 0.6 is 8.25 Å². The molecule has 2 rings (SSSR count). The van der Waals surface area contributed by atoms with Crippen molar-refractivity contribution in [3.63, 3.8) is 0 Å². The van der Waals surface area contributed by atoms with Crippen LogP contribution in [0.5, 0.6) is 11.5 Å². The first kappa shape index (κ1) is 27.0. The zero-order valence-electron chi connectivity index (χ0n) is 18.4. The summed E-state index contributed by atoms with van der Waals surface area (Å²) in [5, 5.41) is 38.5. The molecule has 0 radical (unpaired) electrons. The number of hydrogen-bond acceptors (Lipinski definition) is 13. The van der Waals surface area contributed by atoms with Crippen molar-refractivity contribution < 1.29 is 53.1 Å². The molecule has 0 aliphatic rings. The molecular formula is C20H24N2O11P+. The first-order chi connectivity index (χ1) is 16.2. The van der Waals surface area contributed by atoms with E-state index in [1.54, 1.807) is 0 Å². The standard InChI is InChI=1S/C20H23N2O11P/c1-11-19(27)15(7-23)13(5-21-11)3-17(25)30-9-32-34(29)33-10-31-18(26)4-14-6-22-12(2)20(28)16(14)8-24/h5-6,23-24H,3-4,7-10H2,1-2H3,(H-,27,28)/p+1. The number of esters is 2. The van der Waals surface area contributed by atoms with Gasteiger partial charge < -0.3 is 29.9 Å². The third kappa shape index (κ3) is 7.40. The zero-order valence-corrected chi connectivity index (χ0v) is 19.3. The maximum Gasteiger partial charge on any atom is 0.704 e. The van der Waals surface area contributed by atoms with E-state index in [0.717, 1.165) is 0 Å². The Balaban J connectivity index is 1.71. The summed E-state index contributed by atoms with van der Waals surface area (Å²) in [5.74, 6) is -2.05. The molecule has 13 nitrogen and oxygen atoms in total. The summed E-state index contributed by atoms with van der Waals surface area (Å²) in [4.78, 5) is 31.6. The van der Waals surface area contributed by atoms with Gasteiger partial charge in [0.25, 0.3) is 0 Å². The first-order valence-corrected chi connectivity index (χ1v) is 10.9. The molecule has 0 fully saturated rings. The Morgan fingerprint density at radius 3 is 1.56 bits per heavy atom. The second kappa shape index (κ2) is 12.9. The van der Waals surface area contributed by atoms with Crippen molar-refractivity contribution in [3.8, 4) is 11.5 Å². The number of aromatic hydroxyl groups is 2. The van der Waals surface area contributed by atoms with Crippen molar-refractivity contribution in [3.05, 3.63) is 46.0 Å². The molecule has 0 unspecified atom stereocenters. The smallest absolute Gasteiger partial charge is 0.506 e. The molecule has 0 saturated heterocycles. The molecule has 0 amide bonds. The molecule has 0 aliphatic heterocycles. The van der Waals surface area contributed by atoms with Crippen molar-refractivity contribution in [1.82, 2.24) is 9.97 Å². The van der Waals surface area contributed by atoms with Crippen molar-refractivity contribution in [2.45, 2.75) is 39.9 Å². The molecule has 184 valence electrons. The van der Waals surface area contributed by atoms with Crippen LogP contribution in [0.25, 0.3) is 0 Å². The highest BCUT2D eigenvalue weighted by Gasteiger charge is 2.24. The van der Waals surface area contributed by atoms with Crippen LogP contribution in [0.1, 0.15) is 33.6 Å². The Morgan fingerprint density at radius 2 is 1.21 bits per heavy atom. The van der Waals surface area contributed by atoms with Crippen molar-refractivity contribution in [2.24, 2.45) is 0 Å². The van der Waals surface area contributed by atoms with E-state index in [0.29, 0.717) is 11.4 Å². The van der Waals surface area contributed by atoms with E-state index in [2.05, 4.69) is 19.0 Å². The highest BCUT2D eigenvalue weighted by atomic mass is 31.1. The average molecular weight is 499 g/mol. The average Bonchev–Trinajstić information content (AvgIpc) is 2.79. The highest BCUT2D eigenvalue weighted by molar-refractivity contribution is 7.33. The molecule has 0 saturated carbocycles. The first-order valence-electron chi connectivity index (χ1n) is 9.76. The highest BCUT2D eigenvalue weighted by Crippen LogP contribution is 2.26. The van der Waals surface area contributed by atoms with Gasteiger partial charge in [-0.05, 0) is 25.0 Å². The topological polar surface area (TPSA) is 195 Å². The molecule has 14 heteroatoms. The summed E-state index contributed by atoms with van der Waals surface area (Å²) in [6.45, 7) is 0.613. The van der Waals surface area contributed by atoms with Crippen LogP contribution < -0.4 is 0 Å². The molecule has 0 aromatic carbocycles. The van der Waals surface area contributed by atoms with Crippen LogP contribution in [0, 0.1) is 13.8 Å². The van der Waals surface area contributed by atoms with Gasteiger partial charge >= 0.3 is 20.2 Å². The van der Waals surface area contributed by atoms with Gasteiger partial charge in [0.05, 0.1) is 37.4 Å². The molecule has 2 aromatic heterocycles. The number of nitrogens with zero attached hydrogens (tertiary/aromatic N) is 2. The quantitative estimate of drug-likeness (QED) is 0.183. The number of aliphatic hydroxyl groups is 2. The van der Waals surface area contributed by atoms with Gasteiger partial charge in [-0.1, -0.05) is 9.05 Å². The number of ether oxygens (including phenoxy) is 2. The molecule has 0 spiro atoms. The maximum atomic E-state index is 11.9. The van der Waals surface area contributed by atoms with Crippen LogP contribution in [0.2, 0.25) is 0 Å². The summed E-state index contributed by atoms with van der Waals surface area (Å²) >= 11 is 0. The zero-order chi connectivity index (χ0) is 25.3. The van der Waals surface area contributed by atoms with E-state index in [1.807, 2.05) is 0 Å². The summed E-state index contributed by atoms with van der Waals surface area (Å²) in [6, 6.07) is 0. The predicted molar refractivity (Wildman–Crippen MR) is 112 cm³/mol. The van der Waals surface area contributed by atoms with Gasteiger partial charge in [-0.25, -0.2) is 0 Å². The monoisotopic (exact) mass is 499 g/mol. The lowest BCUT2D eigenvalue weighted by atomic mass is 10.1. The van der Waals surface area contributed by atoms with Gasteiger partial charge in [-0.3, -0.25) is 19.6 Å². The second-order valence-corrected chi connectivity index (χ2v) is 7.78. The van der Waals surface area contributed by atoms with Crippen LogP contribution in [0.4, 0.5) is 0 Å². The van der Waals surface area contributed by atoms with Crippen LogP contribution in [-0.4, -0.2) is 55.9 Å². The van der Waals surface area contributed by atoms with Gasteiger partial charge in [-0.2, -0.15) is 0 Å². The van der Waals surface area contributed by atoms with E-state index in [-0.39, 0.29) is 46.6 Å². The number of aryl methyl sites for hydroxylation is 2. The van der Waals surface area contributed by atoms with Crippen molar-refractivity contribution >= 4 is 20.2 Å².